The summed E-state index contributed by atoms with van der Waals surface area (Å²) in [5, 5.41) is 7.86. The fourth-order valence-electron chi connectivity index (χ4n) is 8.48. The van der Waals surface area contributed by atoms with Gasteiger partial charge in [-0.1, -0.05) is 50.2 Å². The summed E-state index contributed by atoms with van der Waals surface area (Å²) in [5.74, 6) is 3.31. The molecule has 0 unspecified atom stereocenters. The van der Waals surface area contributed by atoms with Crippen LogP contribution in [0.3, 0.4) is 0 Å². The number of nitrogens with zero attached hydrogens (tertiary/aromatic N) is 2. The van der Waals surface area contributed by atoms with Crippen molar-refractivity contribution < 1.29 is 23.7 Å². The van der Waals surface area contributed by atoms with Crippen molar-refractivity contribution in [3.8, 4) is 23.0 Å². The average molecular weight is 581 g/mol. The Labute approximate surface area is 251 Å². The monoisotopic (exact) mass is 580 g/mol. The minimum absolute atomic E-state index is 0.0218. The summed E-state index contributed by atoms with van der Waals surface area (Å²) in [6.07, 6.45) is 2.22. The first kappa shape index (κ1) is 26.4. The van der Waals surface area contributed by atoms with Gasteiger partial charge in [-0.25, -0.2) is 0 Å². The summed E-state index contributed by atoms with van der Waals surface area (Å²) in [6, 6.07) is 20.0. The second kappa shape index (κ2) is 9.91. The van der Waals surface area contributed by atoms with Crippen LogP contribution in [0.4, 0.5) is 0 Å². The molecule has 5 heterocycles. The number of likely N-dealkylation sites (tertiary alicyclic amines) is 1. The summed E-state index contributed by atoms with van der Waals surface area (Å²) >= 11 is 0. The number of amides is 1. The molecule has 3 N–H and O–H groups in total. The second-order valence-electron chi connectivity index (χ2n) is 12.6. The van der Waals surface area contributed by atoms with Gasteiger partial charge < -0.3 is 29.6 Å². The van der Waals surface area contributed by atoms with Gasteiger partial charge in [0, 0.05) is 29.6 Å². The van der Waals surface area contributed by atoms with E-state index in [0.717, 1.165) is 36.1 Å². The first-order valence-electron chi connectivity index (χ1n) is 15.2. The predicted molar refractivity (Wildman–Crippen MR) is 159 cm³/mol. The third-order valence-corrected chi connectivity index (χ3v) is 10.1. The molecular formula is C34H36N4O5. The molecule has 43 heavy (non-hydrogen) atoms. The summed E-state index contributed by atoms with van der Waals surface area (Å²) < 4.78 is 22.9. The van der Waals surface area contributed by atoms with E-state index in [2.05, 4.69) is 47.9 Å². The zero-order chi connectivity index (χ0) is 29.4. The van der Waals surface area contributed by atoms with E-state index in [1.807, 2.05) is 36.4 Å². The van der Waals surface area contributed by atoms with Crippen molar-refractivity contribution in [2.45, 2.75) is 50.9 Å². The number of ether oxygens (including phenoxy) is 4. The number of hydrogen-bond donors (Lipinski definition) is 2. The van der Waals surface area contributed by atoms with Gasteiger partial charge in [-0.05, 0) is 66.3 Å². The average Bonchev–Trinajstić information content (AvgIpc) is 3.82. The zero-order valence-corrected chi connectivity index (χ0v) is 24.4. The van der Waals surface area contributed by atoms with Crippen LogP contribution in [-0.2, 0) is 4.79 Å². The van der Waals surface area contributed by atoms with Crippen molar-refractivity contribution in [1.82, 2.24) is 9.80 Å². The maximum absolute atomic E-state index is 15.1. The Morgan fingerprint density at radius 1 is 0.884 bits per heavy atom. The fourth-order valence-corrected chi connectivity index (χ4v) is 8.48. The summed E-state index contributed by atoms with van der Waals surface area (Å²) in [7, 11) is 0. The molecule has 222 valence electrons. The molecule has 5 aliphatic heterocycles. The summed E-state index contributed by atoms with van der Waals surface area (Å²) in [6.45, 7) is 5.87. The minimum Gasteiger partial charge on any atom is -0.454 e. The van der Waals surface area contributed by atoms with Gasteiger partial charge in [0.05, 0.1) is 12.0 Å². The molecule has 0 bridgehead atoms. The molecule has 0 aliphatic carbocycles. The van der Waals surface area contributed by atoms with Crippen molar-refractivity contribution in [1.29, 1.82) is 5.41 Å². The van der Waals surface area contributed by atoms with E-state index in [1.54, 1.807) is 0 Å². The standard InChI is InChI=1S/C34H36N4O5/c1-18(2)30-28-23-4-3-13-37(23)32(19-5-7-20(8-6-19)33(35)36)29(28)34(39)38(30)31(21-9-11-24-26(14-21)42-16-40-24)22-10-12-25-27(15-22)43-17-41-25/h5-12,14-15,18,23,28-32H,3-4,13,16-17H2,1-2H3,(H3,35,36)/t23-,28-,29-,30+,32-/m0/s1. The molecule has 3 aromatic carbocycles. The molecule has 3 aromatic rings. The van der Waals surface area contributed by atoms with Crippen LogP contribution in [0.1, 0.15) is 61.0 Å². The number of hydrogen-bond acceptors (Lipinski definition) is 7. The van der Waals surface area contributed by atoms with Crippen LogP contribution < -0.4 is 24.7 Å². The van der Waals surface area contributed by atoms with Gasteiger partial charge in [0.2, 0.25) is 19.5 Å². The highest BCUT2D eigenvalue weighted by molar-refractivity contribution is 5.95. The maximum atomic E-state index is 15.1. The number of nitrogens with one attached hydrogen (secondary N) is 1. The van der Waals surface area contributed by atoms with E-state index >= 15 is 4.79 Å². The number of nitrogen functional groups attached to an aromatic ring is 1. The molecule has 3 fully saturated rings. The topological polar surface area (TPSA) is 110 Å². The first-order valence-corrected chi connectivity index (χ1v) is 15.2. The summed E-state index contributed by atoms with van der Waals surface area (Å²) in [4.78, 5) is 19.8. The van der Waals surface area contributed by atoms with Gasteiger partial charge in [0.25, 0.3) is 0 Å². The Hall–Kier alpha value is -4.24. The molecule has 3 saturated heterocycles. The van der Waals surface area contributed by atoms with E-state index in [9.17, 15) is 0 Å². The molecule has 0 saturated carbocycles. The second-order valence-corrected chi connectivity index (χ2v) is 12.6. The van der Waals surface area contributed by atoms with E-state index < -0.39 is 0 Å². The number of rotatable bonds is 6. The highest BCUT2D eigenvalue weighted by atomic mass is 16.7. The lowest BCUT2D eigenvalue weighted by Gasteiger charge is -2.40. The number of carbonyl (C=O) groups is 1. The van der Waals surface area contributed by atoms with Gasteiger partial charge in [-0.15, -0.1) is 0 Å². The molecule has 0 spiro atoms. The minimum atomic E-state index is -0.343. The zero-order valence-electron chi connectivity index (χ0n) is 24.4. The van der Waals surface area contributed by atoms with Gasteiger partial charge in [0.1, 0.15) is 5.84 Å². The van der Waals surface area contributed by atoms with Crippen molar-refractivity contribution in [3.05, 3.63) is 82.9 Å². The summed E-state index contributed by atoms with van der Waals surface area (Å²) in [5.41, 5.74) is 9.54. The molecule has 5 atom stereocenters. The van der Waals surface area contributed by atoms with Crippen LogP contribution in [0.15, 0.2) is 60.7 Å². The predicted octanol–water partition coefficient (Wildman–Crippen LogP) is 4.84. The van der Waals surface area contributed by atoms with Crippen molar-refractivity contribution in [2.75, 3.05) is 20.1 Å². The molecule has 9 heteroatoms. The lowest BCUT2D eigenvalue weighted by molar-refractivity contribution is -0.135. The Morgan fingerprint density at radius 3 is 2.07 bits per heavy atom. The SMILES string of the molecule is CC(C)[C@@H]1[C@@H]2[C@H](C(=O)N1C(c1ccc3c(c1)OCO3)c1ccc3c(c1)OCO3)[C@H](c1ccc(C(=N)N)cc1)N1CCC[C@@H]21. The van der Waals surface area contributed by atoms with Crippen LogP contribution in [0.2, 0.25) is 0 Å². The smallest absolute Gasteiger partial charge is 0.231 e. The number of fused-ring (bicyclic) bond motifs is 5. The third-order valence-electron chi connectivity index (χ3n) is 10.1. The number of amidine groups is 1. The number of nitrogens with two attached hydrogens (primary N) is 1. The van der Waals surface area contributed by atoms with Crippen LogP contribution in [-0.4, -0.2) is 53.8 Å². The van der Waals surface area contributed by atoms with Gasteiger partial charge in [0.15, 0.2) is 23.0 Å². The molecule has 1 amide bonds. The maximum Gasteiger partial charge on any atom is 0.231 e. The molecule has 8 rings (SSSR count). The Morgan fingerprint density at radius 2 is 1.49 bits per heavy atom. The highest BCUT2D eigenvalue weighted by Crippen LogP contribution is 2.58. The van der Waals surface area contributed by atoms with Gasteiger partial charge in [-0.2, -0.15) is 0 Å². The lowest BCUT2D eigenvalue weighted by Crippen LogP contribution is -2.46. The van der Waals surface area contributed by atoms with Crippen molar-refractivity contribution >= 4 is 11.7 Å². The quantitative estimate of drug-likeness (QED) is 0.317. The van der Waals surface area contributed by atoms with Crippen LogP contribution in [0.25, 0.3) is 0 Å². The third kappa shape index (κ3) is 4.01. The Balaban J connectivity index is 1.27. The fraction of sp³-hybridized carbons (Fsp3) is 0.412. The van der Waals surface area contributed by atoms with E-state index in [4.69, 9.17) is 30.1 Å². The highest BCUT2D eigenvalue weighted by Gasteiger charge is 2.64. The molecule has 0 radical (unpaired) electrons. The molecule has 0 aromatic heterocycles. The number of carbonyl (C=O) groups excluding carboxylic acids is 1. The lowest BCUT2D eigenvalue weighted by atomic mass is 9.78. The van der Waals surface area contributed by atoms with E-state index in [1.165, 1.54) is 0 Å². The van der Waals surface area contributed by atoms with E-state index in [-0.39, 0.29) is 61.2 Å². The molecule has 5 aliphatic rings. The molecule has 9 nitrogen and oxygen atoms in total. The number of benzene rings is 3. The van der Waals surface area contributed by atoms with E-state index in [0.29, 0.717) is 34.6 Å². The first-order chi connectivity index (χ1) is 20.9. The Bertz CT molecular complexity index is 1550. The van der Waals surface area contributed by atoms with Crippen LogP contribution in [0.5, 0.6) is 23.0 Å². The van der Waals surface area contributed by atoms with Crippen LogP contribution >= 0.6 is 0 Å². The molecular weight excluding hydrogens is 544 g/mol. The van der Waals surface area contributed by atoms with Crippen LogP contribution in [0, 0.1) is 23.2 Å². The van der Waals surface area contributed by atoms with Gasteiger partial charge in [-0.3, -0.25) is 15.1 Å². The van der Waals surface area contributed by atoms with Crippen molar-refractivity contribution in [3.63, 3.8) is 0 Å². The van der Waals surface area contributed by atoms with Crippen molar-refractivity contribution in [2.24, 2.45) is 23.5 Å². The largest absolute Gasteiger partial charge is 0.454 e. The Kier molecular flexibility index (Phi) is 6.08. The normalized spacial score (nSPS) is 26.9. The van der Waals surface area contributed by atoms with Gasteiger partial charge >= 0.3 is 0 Å².